The van der Waals surface area contributed by atoms with E-state index in [1.165, 1.54) is 22.8 Å². The molecule has 0 atom stereocenters. The van der Waals surface area contributed by atoms with Crippen molar-refractivity contribution in [2.45, 2.75) is 31.6 Å². The van der Waals surface area contributed by atoms with Crippen molar-refractivity contribution in [3.8, 4) is 0 Å². The van der Waals surface area contributed by atoms with Crippen LogP contribution in [0.15, 0.2) is 47.6 Å². The number of pyridine rings is 1. The first-order valence-corrected chi connectivity index (χ1v) is 11.3. The second-order valence-corrected chi connectivity index (χ2v) is 9.34. The lowest BCUT2D eigenvalue weighted by atomic mass is 9.97. The number of nitrogens with one attached hydrogen (secondary N) is 2. The highest BCUT2D eigenvalue weighted by Gasteiger charge is 2.32. The van der Waals surface area contributed by atoms with E-state index in [2.05, 4.69) is 15.6 Å². The van der Waals surface area contributed by atoms with Crippen LogP contribution < -0.4 is 10.6 Å². The Kier molecular flexibility index (Phi) is 6.84. The minimum atomic E-state index is -3.60. The van der Waals surface area contributed by atoms with Crippen LogP contribution >= 0.6 is 0 Å². The summed E-state index contributed by atoms with van der Waals surface area (Å²) in [6.07, 6.45) is 3.66. The number of rotatable bonds is 6. The van der Waals surface area contributed by atoms with Gasteiger partial charge in [0.1, 0.15) is 4.90 Å². The van der Waals surface area contributed by atoms with E-state index < -0.39 is 10.0 Å². The van der Waals surface area contributed by atoms with E-state index in [0.29, 0.717) is 12.8 Å². The van der Waals surface area contributed by atoms with E-state index in [9.17, 15) is 18.0 Å². The van der Waals surface area contributed by atoms with Crippen LogP contribution in [0.3, 0.4) is 0 Å². The van der Waals surface area contributed by atoms with Crippen molar-refractivity contribution >= 4 is 27.5 Å². The second-order valence-electron chi connectivity index (χ2n) is 7.40. The Morgan fingerprint density at radius 2 is 1.77 bits per heavy atom. The largest absolute Gasteiger partial charge is 0.347 e. The van der Waals surface area contributed by atoms with Crippen molar-refractivity contribution in [3.63, 3.8) is 0 Å². The van der Waals surface area contributed by atoms with Crippen LogP contribution in [0.1, 0.15) is 24.0 Å². The summed E-state index contributed by atoms with van der Waals surface area (Å²) in [6.45, 7) is 4.21. The molecule has 0 radical (unpaired) electrons. The molecule has 1 aromatic carbocycles. The number of para-hydroxylation sites is 1. The molecule has 3 rings (SSSR count). The van der Waals surface area contributed by atoms with Crippen LogP contribution in [0.5, 0.6) is 0 Å². The molecule has 0 unspecified atom stereocenters. The maximum atomic E-state index is 12.6. The summed E-state index contributed by atoms with van der Waals surface area (Å²) in [5.41, 5.74) is 2.67. The van der Waals surface area contributed by atoms with Gasteiger partial charge in [-0.3, -0.25) is 14.6 Å². The third-order valence-electron chi connectivity index (χ3n) is 5.27. The number of carbonyl (C=O) groups is 2. The molecule has 0 aliphatic carbocycles. The molecule has 0 spiro atoms. The van der Waals surface area contributed by atoms with Crippen LogP contribution in [0.25, 0.3) is 0 Å². The number of aromatic nitrogens is 1. The number of aryl methyl sites for hydroxylation is 2. The maximum absolute atomic E-state index is 12.6. The van der Waals surface area contributed by atoms with E-state index in [0.717, 1.165) is 16.8 Å². The topological polar surface area (TPSA) is 108 Å². The van der Waals surface area contributed by atoms with E-state index in [1.807, 2.05) is 32.0 Å². The molecule has 30 heavy (non-hydrogen) atoms. The van der Waals surface area contributed by atoms with Crippen molar-refractivity contribution in [2.24, 2.45) is 5.92 Å². The van der Waals surface area contributed by atoms with Gasteiger partial charge in [-0.15, -0.1) is 0 Å². The van der Waals surface area contributed by atoms with Gasteiger partial charge in [-0.05, 0) is 49.9 Å². The van der Waals surface area contributed by atoms with Crippen molar-refractivity contribution in [2.75, 3.05) is 25.0 Å². The van der Waals surface area contributed by atoms with Gasteiger partial charge in [-0.1, -0.05) is 18.2 Å². The molecular weight excluding hydrogens is 404 g/mol. The first-order valence-electron chi connectivity index (χ1n) is 9.83. The molecular formula is C21H26N4O4S. The molecule has 1 aliphatic rings. The molecule has 1 fully saturated rings. The zero-order valence-electron chi connectivity index (χ0n) is 17.1. The Morgan fingerprint density at radius 1 is 1.10 bits per heavy atom. The maximum Gasteiger partial charge on any atom is 0.244 e. The predicted octanol–water partition coefficient (Wildman–Crippen LogP) is 1.85. The first-order chi connectivity index (χ1) is 14.3. The number of piperidine rings is 1. The van der Waals surface area contributed by atoms with Crippen molar-refractivity contribution in [1.82, 2.24) is 14.6 Å². The monoisotopic (exact) mass is 430 g/mol. The highest BCUT2D eigenvalue weighted by Crippen LogP contribution is 2.23. The summed E-state index contributed by atoms with van der Waals surface area (Å²) >= 11 is 0. The summed E-state index contributed by atoms with van der Waals surface area (Å²) in [5, 5.41) is 5.50. The average Bonchev–Trinajstić information content (AvgIpc) is 2.75. The number of hydrogen-bond acceptors (Lipinski definition) is 5. The smallest absolute Gasteiger partial charge is 0.244 e. The third kappa shape index (κ3) is 5.03. The normalized spacial score (nSPS) is 15.5. The van der Waals surface area contributed by atoms with Crippen LogP contribution in [0, 0.1) is 19.8 Å². The number of carbonyl (C=O) groups excluding carboxylic acids is 2. The molecule has 160 valence electrons. The van der Waals surface area contributed by atoms with Crippen LogP contribution in [0.2, 0.25) is 0 Å². The number of sulfonamides is 1. The fourth-order valence-electron chi connectivity index (χ4n) is 3.51. The molecule has 8 nitrogen and oxygen atoms in total. The van der Waals surface area contributed by atoms with Gasteiger partial charge in [-0.2, -0.15) is 4.31 Å². The number of hydrogen-bond donors (Lipinski definition) is 2. The van der Waals surface area contributed by atoms with Crippen molar-refractivity contribution < 1.29 is 18.0 Å². The molecule has 2 amide bonds. The molecule has 9 heteroatoms. The van der Waals surface area contributed by atoms with Gasteiger partial charge in [-0.25, -0.2) is 8.42 Å². The Labute approximate surface area is 176 Å². The molecule has 0 saturated carbocycles. The molecule has 1 saturated heterocycles. The zero-order chi connectivity index (χ0) is 21.7. The zero-order valence-corrected chi connectivity index (χ0v) is 17.9. The van der Waals surface area contributed by atoms with Gasteiger partial charge in [0.25, 0.3) is 0 Å². The van der Waals surface area contributed by atoms with E-state index in [1.54, 1.807) is 6.07 Å². The summed E-state index contributed by atoms with van der Waals surface area (Å²) in [6, 6.07) is 8.83. The van der Waals surface area contributed by atoms with Gasteiger partial charge in [0, 0.05) is 37.1 Å². The summed E-state index contributed by atoms with van der Waals surface area (Å²) < 4.78 is 26.7. The third-order valence-corrected chi connectivity index (χ3v) is 7.15. The molecule has 1 aromatic heterocycles. The number of anilines is 1. The first kappa shape index (κ1) is 21.9. The van der Waals surface area contributed by atoms with Gasteiger partial charge in [0.05, 0.1) is 6.54 Å². The molecule has 2 aromatic rings. The Bertz CT molecular complexity index is 996. The highest BCUT2D eigenvalue weighted by molar-refractivity contribution is 7.89. The van der Waals surface area contributed by atoms with Gasteiger partial charge < -0.3 is 10.6 Å². The van der Waals surface area contributed by atoms with E-state index in [4.69, 9.17) is 0 Å². The van der Waals surface area contributed by atoms with Gasteiger partial charge in [0.2, 0.25) is 21.8 Å². The lowest BCUT2D eigenvalue weighted by molar-refractivity contribution is -0.128. The summed E-state index contributed by atoms with van der Waals surface area (Å²) in [4.78, 5) is 28.7. The average molecular weight is 431 g/mol. The molecule has 2 N–H and O–H groups in total. The van der Waals surface area contributed by atoms with Crippen LogP contribution in [0.4, 0.5) is 5.69 Å². The quantitative estimate of drug-likeness (QED) is 0.727. The van der Waals surface area contributed by atoms with Gasteiger partial charge >= 0.3 is 0 Å². The molecule has 0 bridgehead atoms. The number of benzene rings is 1. The number of amides is 2. The van der Waals surface area contributed by atoms with E-state index >= 15 is 0 Å². The Balaban J connectivity index is 1.49. The standard InChI is InChI=1S/C21H26N4O4S/c1-15-5-3-6-16(2)20(15)24-19(26)14-23-21(27)17-8-11-25(12-9-17)30(28,29)18-7-4-10-22-13-18/h3-7,10,13,17H,8-9,11-12,14H2,1-2H3,(H,23,27)(H,24,26). The van der Waals surface area contributed by atoms with Crippen molar-refractivity contribution in [1.29, 1.82) is 0 Å². The minimum Gasteiger partial charge on any atom is -0.347 e. The van der Waals surface area contributed by atoms with Crippen molar-refractivity contribution in [3.05, 3.63) is 53.9 Å². The molecule has 1 aliphatic heterocycles. The second kappa shape index (κ2) is 9.36. The minimum absolute atomic E-state index is 0.124. The molecule has 2 heterocycles. The fourth-order valence-corrected chi connectivity index (χ4v) is 4.95. The SMILES string of the molecule is Cc1cccc(C)c1NC(=O)CNC(=O)C1CCN(S(=O)(=O)c2cccnc2)CC1. The van der Waals surface area contributed by atoms with Gasteiger partial charge in [0.15, 0.2) is 0 Å². The Hall–Kier alpha value is -2.78. The summed E-state index contributed by atoms with van der Waals surface area (Å²) in [7, 11) is -3.60. The van der Waals surface area contributed by atoms with Crippen LogP contribution in [-0.2, 0) is 19.6 Å². The summed E-state index contributed by atoms with van der Waals surface area (Å²) in [5.74, 6) is -0.847. The lowest BCUT2D eigenvalue weighted by Crippen LogP contribution is -2.44. The fraction of sp³-hybridized carbons (Fsp3) is 0.381. The van der Waals surface area contributed by atoms with Crippen LogP contribution in [-0.4, -0.2) is 49.2 Å². The highest BCUT2D eigenvalue weighted by atomic mass is 32.2. The van der Waals surface area contributed by atoms with E-state index in [-0.39, 0.29) is 42.3 Å². The lowest BCUT2D eigenvalue weighted by Gasteiger charge is -2.30. The predicted molar refractivity (Wildman–Crippen MR) is 113 cm³/mol. The Morgan fingerprint density at radius 3 is 2.37 bits per heavy atom. The number of nitrogens with zero attached hydrogens (tertiary/aromatic N) is 2.